The minimum absolute atomic E-state index is 0.323. The van der Waals surface area contributed by atoms with Crippen LogP contribution in [-0.2, 0) is 0 Å². The molecule has 0 radical (unpaired) electrons. The summed E-state index contributed by atoms with van der Waals surface area (Å²) in [6, 6.07) is 13.8. The lowest BCUT2D eigenvalue weighted by atomic mass is 10.2. The Bertz CT molecular complexity index is 624. The van der Waals surface area contributed by atoms with Crippen molar-refractivity contribution in [2.75, 3.05) is 0 Å². The van der Waals surface area contributed by atoms with Gasteiger partial charge in [0, 0.05) is 5.56 Å². The van der Waals surface area contributed by atoms with Gasteiger partial charge in [0.15, 0.2) is 0 Å². The van der Waals surface area contributed by atoms with E-state index in [1.54, 1.807) is 48.5 Å². The Morgan fingerprint density at radius 3 is 2.21 bits per heavy atom. The van der Waals surface area contributed by atoms with Crippen LogP contribution >= 0.6 is 12.2 Å². The highest BCUT2D eigenvalue weighted by Crippen LogP contribution is 2.25. The van der Waals surface area contributed by atoms with E-state index >= 15 is 0 Å². The van der Waals surface area contributed by atoms with Gasteiger partial charge in [0.25, 0.3) is 5.91 Å². The Balaban J connectivity index is 2.26. The van der Waals surface area contributed by atoms with Gasteiger partial charge in [-0.05, 0) is 36.4 Å². The van der Waals surface area contributed by atoms with E-state index in [9.17, 15) is 4.79 Å². The summed E-state index contributed by atoms with van der Waals surface area (Å²) in [5.74, 6) is 0.460. The first-order valence-corrected chi connectivity index (χ1v) is 5.95. The van der Waals surface area contributed by atoms with Gasteiger partial charge in [-0.25, -0.2) is 0 Å². The molecule has 1 amide bonds. The minimum Gasteiger partial charge on any atom is -0.457 e. The van der Waals surface area contributed by atoms with Crippen LogP contribution < -0.4 is 16.2 Å². The number of rotatable bonds is 4. The SMILES string of the molecule is NC(=O)c1ccccc1Oc1ccc(C(N)=S)cc1. The molecule has 96 valence electrons. The minimum atomic E-state index is -0.532. The van der Waals surface area contributed by atoms with Crippen LogP contribution in [0.1, 0.15) is 15.9 Å². The Morgan fingerprint density at radius 1 is 1.00 bits per heavy atom. The second-order valence-corrected chi connectivity index (χ2v) is 4.29. The van der Waals surface area contributed by atoms with E-state index < -0.39 is 5.91 Å². The van der Waals surface area contributed by atoms with E-state index in [2.05, 4.69) is 0 Å². The zero-order valence-corrected chi connectivity index (χ0v) is 10.8. The standard InChI is InChI=1S/C14H12N2O2S/c15-13(17)11-3-1-2-4-12(11)18-10-7-5-9(6-8-10)14(16)19/h1-8H,(H2,15,17)(H2,16,19). The number of nitrogens with two attached hydrogens (primary N) is 2. The number of para-hydroxylation sites is 1. The van der Waals surface area contributed by atoms with Gasteiger partial charge in [0.1, 0.15) is 16.5 Å². The molecule has 19 heavy (non-hydrogen) atoms. The van der Waals surface area contributed by atoms with Crippen LogP contribution in [0.5, 0.6) is 11.5 Å². The lowest BCUT2D eigenvalue weighted by Crippen LogP contribution is -2.12. The Hall–Kier alpha value is -2.40. The molecule has 2 rings (SSSR count). The van der Waals surface area contributed by atoms with E-state index in [1.165, 1.54) is 0 Å². The molecule has 0 bridgehead atoms. The first-order chi connectivity index (χ1) is 9.08. The van der Waals surface area contributed by atoms with E-state index in [4.69, 9.17) is 28.4 Å². The number of hydrogen-bond donors (Lipinski definition) is 2. The van der Waals surface area contributed by atoms with Crippen LogP contribution in [0.3, 0.4) is 0 Å². The predicted octanol–water partition coefficient (Wildman–Crippen LogP) is 2.21. The van der Waals surface area contributed by atoms with Crippen molar-refractivity contribution in [3.63, 3.8) is 0 Å². The number of amides is 1. The van der Waals surface area contributed by atoms with Crippen molar-refractivity contribution < 1.29 is 9.53 Å². The second-order valence-electron chi connectivity index (χ2n) is 3.85. The van der Waals surface area contributed by atoms with E-state index in [0.717, 1.165) is 5.56 Å². The number of primary amides is 1. The molecule has 0 spiro atoms. The van der Waals surface area contributed by atoms with Crippen molar-refractivity contribution in [1.29, 1.82) is 0 Å². The summed E-state index contributed by atoms with van der Waals surface area (Å²) in [6.07, 6.45) is 0. The number of ether oxygens (including phenoxy) is 1. The average Bonchev–Trinajstić information content (AvgIpc) is 2.39. The van der Waals surface area contributed by atoms with Crippen LogP contribution in [0, 0.1) is 0 Å². The van der Waals surface area contributed by atoms with Crippen molar-refractivity contribution in [3.05, 3.63) is 59.7 Å². The summed E-state index contributed by atoms with van der Waals surface area (Å²) >= 11 is 4.87. The Labute approximate surface area is 116 Å². The molecule has 0 heterocycles. The van der Waals surface area contributed by atoms with Crippen molar-refractivity contribution >= 4 is 23.1 Å². The fourth-order valence-corrected chi connectivity index (χ4v) is 1.71. The van der Waals surface area contributed by atoms with Gasteiger partial charge < -0.3 is 16.2 Å². The number of carbonyl (C=O) groups excluding carboxylic acids is 1. The molecule has 0 saturated carbocycles. The second kappa shape index (κ2) is 5.49. The summed E-state index contributed by atoms with van der Waals surface area (Å²) in [5, 5.41) is 0. The Morgan fingerprint density at radius 2 is 1.63 bits per heavy atom. The topological polar surface area (TPSA) is 78.3 Å². The molecule has 0 aliphatic rings. The van der Waals surface area contributed by atoms with Gasteiger partial charge in [0.2, 0.25) is 0 Å². The van der Waals surface area contributed by atoms with Crippen molar-refractivity contribution in [2.24, 2.45) is 11.5 Å². The summed E-state index contributed by atoms with van der Waals surface area (Å²) in [4.78, 5) is 11.6. The van der Waals surface area contributed by atoms with Gasteiger partial charge in [-0.2, -0.15) is 0 Å². The fourth-order valence-electron chi connectivity index (χ4n) is 1.57. The summed E-state index contributed by atoms with van der Waals surface area (Å²) in [5.41, 5.74) is 11.9. The van der Waals surface area contributed by atoms with E-state index in [-0.39, 0.29) is 0 Å². The smallest absolute Gasteiger partial charge is 0.252 e. The first-order valence-electron chi connectivity index (χ1n) is 5.54. The lowest BCUT2D eigenvalue weighted by molar-refractivity contribution is 0.0998. The van der Waals surface area contributed by atoms with E-state index in [1.807, 2.05) is 0 Å². The monoisotopic (exact) mass is 272 g/mol. The maximum Gasteiger partial charge on any atom is 0.252 e. The fraction of sp³-hybridized carbons (Fsp3) is 0. The van der Waals surface area contributed by atoms with Crippen LogP contribution in [0.2, 0.25) is 0 Å². The van der Waals surface area contributed by atoms with Gasteiger partial charge in [-0.1, -0.05) is 24.4 Å². The molecule has 0 unspecified atom stereocenters. The molecule has 0 saturated heterocycles. The van der Waals surface area contributed by atoms with Gasteiger partial charge in [-0.3, -0.25) is 4.79 Å². The molecule has 0 aliphatic carbocycles. The molecule has 0 aromatic heterocycles. The number of carbonyl (C=O) groups is 1. The molecule has 0 fully saturated rings. The van der Waals surface area contributed by atoms with Crippen molar-refractivity contribution in [1.82, 2.24) is 0 Å². The van der Waals surface area contributed by atoms with Gasteiger partial charge >= 0.3 is 0 Å². The first kappa shape index (κ1) is 13.0. The molecule has 2 aromatic carbocycles. The molecular weight excluding hydrogens is 260 g/mol. The average molecular weight is 272 g/mol. The van der Waals surface area contributed by atoms with Crippen molar-refractivity contribution in [3.8, 4) is 11.5 Å². The number of benzene rings is 2. The maximum absolute atomic E-state index is 11.3. The summed E-state index contributed by atoms with van der Waals surface area (Å²) in [6.45, 7) is 0. The molecule has 5 heteroatoms. The molecule has 0 aliphatic heterocycles. The molecule has 4 N–H and O–H groups in total. The highest BCUT2D eigenvalue weighted by Gasteiger charge is 2.09. The largest absolute Gasteiger partial charge is 0.457 e. The quantitative estimate of drug-likeness (QED) is 0.836. The third-order valence-corrected chi connectivity index (χ3v) is 2.75. The highest BCUT2D eigenvalue weighted by molar-refractivity contribution is 7.80. The summed E-state index contributed by atoms with van der Waals surface area (Å²) in [7, 11) is 0. The maximum atomic E-state index is 11.3. The Kier molecular flexibility index (Phi) is 3.77. The number of hydrogen-bond acceptors (Lipinski definition) is 3. The molecule has 0 atom stereocenters. The highest BCUT2D eigenvalue weighted by atomic mass is 32.1. The van der Waals surface area contributed by atoms with E-state index in [0.29, 0.717) is 22.1 Å². The third kappa shape index (κ3) is 3.08. The van der Waals surface area contributed by atoms with Crippen LogP contribution in [0.25, 0.3) is 0 Å². The third-order valence-electron chi connectivity index (χ3n) is 2.52. The van der Waals surface area contributed by atoms with Crippen LogP contribution in [-0.4, -0.2) is 10.9 Å². The lowest BCUT2D eigenvalue weighted by Gasteiger charge is -2.09. The number of thiocarbonyl (C=S) groups is 1. The van der Waals surface area contributed by atoms with Crippen molar-refractivity contribution in [2.45, 2.75) is 0 Å². The normalized spacial score (nSPS) is 9.89. The predicted molar refractivity (Wildman–Crippen MR) is 77.4 cm³/mol. The van der Waals surface area contributed by atoms with Gasteiger partial charge in [0.05, 0.1) is 5.56 Å². The zero-order chi connectivity index (χ0) is 13.8. The van der Waals surface area contributed by atoms with Crippen LogP contribution in [0.4, 0.5) is 0 Å². The summed E-state index contributed by atoms with van der Waals surface area (Å²) < 4.78 is 5.62. The molecule has 4 nitrogen and oxygen atoms in total. The zero-order valence-electron chi connectivity index (χ0n) is 10.00. The van der Waals surface area contributed by atoms with Gasteiger partial charge in [-0.15, -0.1) is 0 Å². The molecular formula is C14H12N2O2S. The molecule has 2 aromatic rings. The van der Waals surface area contributed by atoms with Crippen LogP contribution in [0.15, 0.2) is 48.5 Å².